The van der Waals surface area contributed by atoms with Gasteiger partial charge < -0.3 is 14.2 Å². The number of nitrogens with one attached hydrogen (secondary N) is 1. The third kappa shape index (κ3) is 4.74. The van der Waals surface area contributed by atoms with Gasteiger partial charge in [0, 0.05) is 12.3 Å². The Morgan fingerprint density at radius 2 is 1.34 bits per heavy atom. The molecule has 1 aliphatic rings. The van der Waals surface area contributed by atoms with Crippen LogP contribution in [0.2, 0.25) is 0 Å². The highest BCUT2D eigenvalue weighted by atomic mass is 16.6. The van der Waals surface area contributed by atoms with Crippen molar-refractivity contribution in [2.24, 2.45) is 0 Å². The normalized spacial score (nSPS) is 18.3. The van der Waals surface area contributed by atoms with E-state index >= 15 is 0 Å². The maximum atomic E-state index is 12.3. The Morgan fingerprint density at radius 3 is 1.86 bits per heavy atom. The summed E-state index contributed by atoms with van der Waals surface area (Å²) in [5.41, 5.74) is 1.09. The summed E-state index contributed by atoms with van der Waals surface area (Å²) in [6.45, 7) is 0.736. The highest BCUT2D eigenvalue weighted by molar-refractivity contribution is 5.47. The molecule has 0 spiro atoms. The van der Waals surface area contributed by atoms with Gasteiger partial charge in [0.05, 0.1) is 19.8 Å². The van der Waals surface area contributed by atoms with E-state index in [4.69, 9.17) is 14.2 Å². The van der Waals surface area contributed by atoms with E-state index in [1.807, 2.05) is 54.6 Å². The number of aromatic nitrogens is 2. The number of hydrogen-bond donors (Lipinski definition) is 1. The van der Waals surface area contributed by atoms with Crippen LogP contribution in [-0.4, -0.2) is 35.5 Å². The number of benzene rings is 3. The van der Waals surface area contributed by atoms with Crippen molar-refractivity contribution in [2.45, 2.75) is 17.9 Å². The van der Waals surface area contributed by atoms with Gasteiger partial charge in [-0.1, -0.05) is 91.0 Å². The molecule has 2 unspecified atom stereocenters. The van der Waals surface area contributed by atoms with Gasteiger partial charge in [0.25, 0.3) is 5.56 Å². The van der Waals surface area contributed by atoms with Crippen molar-refractivity contribution in [1.82, 2.24) is 9.55 Å². The lowest BCUT2D eigenvalue weighted by atomic mass is 9.80. The average Bonchev–Trinajstić information content (AvgIpc) is 2.91. The van der Waals surface area contributed by atoms with Crippen LogP contribution in [0.1, 0.15) is 22.9 Å². The zero-order chi connectivity index (χ0) is 24.1. The summed E-state index contributed by atoms with van der Waals surface area (Å²) in [4.78, 5) is 26.0. The van der Waals surface area contributed by atoms with Crippen LogP contribution in [0.3, 0.4) is 0 Å². The molecule has 7 heteroatoms. The quantitative estimate of drug-likeness (QED) is 0.419. The maximum absolute atomic E-state index is 12.3. The molecule has 1 saturated heterocycles. The smallest absolute Gasteiger partial charge is 0.330 e. The second-order valence-electron chi connectivity index (χ2n) is 8.36. The van der Waals surface area contributed by atoms with Crippen LogP contribution >= 0.6 is 0 Å². The van der Waals surface area contributed by atoms with Gasteiger partial charge in [-0.3, -0.25) is 14.3 Å². The molecule has 178 valence electrons. The predicted octanol–water partition coefficient (Wildman–Crippen LogP) is 3.46. The first-order valence-corrected chi connectivity index (χ1v) is 11.5. The van der Waals surface area contributed by atoms with Crippen molar-refractivity contribution in [3.05, 3.63) is 141 Å². The molecule has 2 atom stereocenters. The molecular weight excluding hydrogens is 444 g/mol. The molecule has 1 aromatic heterocycles. The van der Waals surface area contributed by atoms with E-state index in [1.54, 1.807) is 0 Å². The lowest BCUT2D eigenvalue weighted by molar-refractivity contribution is -0.194. The van der Waals surface area contributed by atoms with E-state index < -0.39 is 29.2 Å². The van der Waals surface area contributed by atoms with Gasteiger partial charge in [0.15, 0.2) is 6.23 Å². The highest BCUT2D eigenvalue weighted by Crippen LogP contribution is 2.40. The third-order valence-electron chi connectivity index (χ3n) is 6.10. The molecule has 4 aromatic rings. The molecule has 0 amide bonds. The third-order valence-corrected chi connectivity index (χ3v) is 6.10. The molecule has 0 bridgehead atoms. The molecule has 0 saturated carbocycles. The Bertz CT molecular complexity index is 1260. The summed E-state index contributed by atoms with van der Waals surface area (Å²) >= 11 is 0. The second kappa shape index (κ2) is 10.2. The lowest BCUT2D eigenvalue weighted by Gasteiger charge is -2.38. The monoisotopic (exact) mass is 470 g/mol. The minimum Gasteiger partial charge on any atom is -0.374 e. The van der Waals surface area contributed by atoms with E-state index in [9.17, 15) is 9.59 Å². The number of ether oxygens (including phenoxy) is 3. The number of rotatable bonds is 7. The summed E-state index contributed by atoms with van der Waals surface area (Å²) < 4.78 is 20.1. The first-order valence-electron chi connectivity index (χ1n) is 11.5. The van der Waals surface area contributed by atoms with Gasteiger partial charge in [0.2, 0.25) is 0 Å². The van der Waals surface area contributed by atoms with E-state index in [1.165, 1.54) is 16.8 Å². The Balaban J connectivity index is 1.49. The maximum Gasteiger partial charge on any atom is 0.330 e. The first kappa shape index (κ1) is 23.0. The molecule has 0 aliphatic carbocycles. The second-order valence-corrected chi connectivity index (χ2v) is 8.36. The summed E-state index contributed by atoms with van der Waals surface area (Å²) in [7, 11) is 0. The molecule has 1 N–H and O–H groups in total. The predicted molar refractivity (Wildman–Crippen MR) is 131 cm³/mol. The molecule has 3 aromatic carbocycles. The van der Waals surface area contributed by atoms with Gasteiger partial charge in [0.1, 0.15) is 11.7 Å². The van der Waals surface area contributed by atoms with E-state index in [-0.39, 0.29) is 13.2 Å². The number of H-pyrrole nitrogens is 1. The Morgan fingerprint density at radius 1 is 0.800 bits per heavy atom. The van der Waals surface area contributed by atoms with Crippen molar-refractivity contribution in [2.75, 3.05) is 19.8 Å². The van der Waals surface area contributed by atoms with E-state index in [0.29, 0.717) is 6.61 Å². The fourth-order valence-corrected chi connectivity index (χ4v) is 4.47. The van der Waals surface area contributed by atoms with Gasteiger partial charge >= 0.3 is 5.69 Å². The average molecular weight is 471 g/mol. The van der Waals surface area contributed by atoms with E-state index in [2.05, 4.69) is 41.4 Å². The van der Waals surface area contributed by atoms with Crippen molar-refractivity contribution < 1.29 is 14.2 Å². The van der Waals surface area contributed by atoms with Crippen LogP contribution in [0.4, 0.5) is 0 Å². The van der Waals surface area contributed by atoms with Crippen LogP contribution in [0.5, 0.6) is 0 Å². The Kier molecular flexibility index (Phi) is 6.72. The van der Waals surface area contributed by atoms with E-state index in [0.717, 1.165) is 16.7 Å². The molecule has 7 nitrogen and oxygen atoms in total. The van der Waals surface area contributed by atoms with Crippen molar-refractivity contribution in [1.29, 1.82) is 0 Å². The SMILES string of the molecule is O=c1ccn(C2COCC(COC(c3ccccc3)(c3ccccc3)c3ccccc3)O2)c(=O)[nH]1. The lowest BCUT2D eigenvalue weighted by Crippen LogP contribution is -2.43. The summed E-state index contributed by atoms with van der Waals surface area (Å²) in [6.07, 6.45) is 0.324. The van der Waals surface area contributed by atoms with Crippen LogP contribution in [0, 0.1) is 0 Å². The van der Waals surface area contributed by atoms with Gasteiger partial charge in [-0.25, -0.2) is 4.79 Å². The highest BCUT2D eigenvalue weighted by Gasteiger charge is 2.39. The fourth-order valence-electron chi connectivity index (χ4n) is 4.47. The first-order chi connectivity index (χ1) is 17.2. The van der Waals surface area contributed by atoms with Crippen molar-refractivity contribution >= 4 is 0 Å². The molecule has 35 heavy (non-hydrogen) atoms. The molecule has 2 heterocycles. The van der Waals surface area contributed by atoms with Gasteiger partial charge in [-0.15, -0.1) is 0 Å². The minimum absolute atomic E-state index is 0.198. The standard InChI is InChI=1S/C28H26N2O5/c31-25-16-17-30(27(32)29-25)26-20-33-18-24(35-26)19-34-28(21-10-4-1-5-11-21,22-12-6-2-7-13-22)23-14-8-3-9-15-23/h1-17,24,26H,18-20H2,(H,29,31,32). The molecule has 1 fully saturated rings. The van der Waals surface area contributed by atoms with Crippen LogP contribution in [0.25, 0.3) is 0 Å². The molecular formula is C28H26N2O5. The fraction of sp³-hybridized carbons (Fsp3) is 0.214. The zero-order valence-electron chi connectivity index (χ0n) is 19.1. The van der Waals surface area contributed by atoms with Crippen molar-refractivity contribution in [3.8, 4) is 0 Å². The zero-order valence-corrected chi connectivity index (χ0v) is 19.1. The summed E-state index contributed by atoms with van der Waals surface area (Å²) in [5, 5.41) is 0. The summed E-state index contributed by atoms with van der Waals surface area (Å²) in [5.74, 6) is 0. The topological polar surface area (TPSA) is 82.5 Å². The number of hydrogen-bond acceptors (Lipinski definition) is 5. The molecule has 1 aliphatic heterocycles. The Labute approximate surface area is 202 Å². The van der Waals surface area contributed by atoms with Gasteiger partial charge in [-0.05, 0) is 16.7 Å². The number of nitrogens with zero attached hydrogens (tertiary/aromatic N) is 1. The minimum atomic E-state index is -0.880. The number of aromatic amines is 1. The van der Waals surface area contributed by atoms with Crippen molar-refractivity contribution in [3.63, 3.8) is 0 Å². The van der Waals surface area contributed by atoms with Gasteiger partial charge in [-0.2, -0.15) is 0 Å². The molecule has 0 radical (unpaired) electrons. The van der Waals surface area contributed by atoms with Crippen LogP contribution in [0.15, 0.2) is 113 Å². The largest absolute Gasteiger partial charge is 0.374 e. The van der Waals surface area contributed by atoms with Crippen LogP contribution in [-0.2, 0) is 19.8 Å². The summed E-state index contributed by atoms with van der Waals surface area (Å²) in [6, 6.07) is 31.6. The Hall–Kier alpha value is -3.78. The molecule has 5 rings (SSSR count). The van der Waals surface area contributed by atoms with Crippen LogP contribution < -0.4 is 11.2 Å².